The summed E-state index contributed by atoms with van der Waals surface area (Å²) in [4.78, 5) is 24.3. The maximum atomic E-state index is 12.0. The van der Waals surface area contributed by atoms with Crippen LogP contribution in [0.1, 0.15) is 11.3 Å². The van der Waals surface area contributed by atoms with E-state index in [0.29, 0.717) is 15.8 Å². The van der Waals surface area contributed by atoms with Crippen LogP contribution in [0.4, 0.5) is 0 Å². The SMILES string of the molecule is COc1ccc(CNC(=O)CSc2nn3c(=O)c(C)nnc3s2)cc1. The maximum Gasteiger partial charge on any atom is 0.296 e. The molecule has 3 rings (SSSR count). The summed E-state index contributed by atoms with van der Waals surface area (Å²) in [7, 11) is 1.61. The Labute approximate surface area is 151 Å². The number of carbonyl (C=O) groups excluding carboxylic acids is 1. The molecule has 8 nitrogen and oxygen atoms in total. The van der Waals surface area contributed by atoms with Gasteiger partial charge in [-0.2, -0.15) is 4.52 Å². The Morgan fingerprint density at radius 1 is 1.32 bits per heavy atom. The van der Waals surface area contributed by atoms with Gasteiger partial charge in [0.25, 0.3) is 5.56 Å². The molecule has 0 bridgehead atoms. The lowest BCUT2D eigenvalue weighted by Gasteiger charge is -2.05. The Morgan fingerprint density at radius 3 is 2.80 bits per heavy atom. The van der Waals surface area contributed by atoms with Crippen molar-refractivity contribution < 1.29 is 9.53 Å². The van der Waals surface area contributed by atoms with E-state index in [2.05, 4.69) is 20.6 Å². The van der Waals surface area contributed by atoms with E-state index in [-0.39, 0.29) is 22.9 Å². The molecule has 0 aliphatic rings. The number of benzene rings is 1. The first kappa shape index (κ1) is 17.4. The van der Waals surface area contributed by atoms with Crippen LogP contribution in [0.3, 0.4) is 0 Å². The summed E-state index contributed by atoms with van der Waals surface area (Å²) >= 11 is 2.49. The summed E-state index contributed by atoms with van der Waals surface area (Å²) in [6.45, 7) is 2.02. The fourth-order valence-electron chi connectivity index (χ4n) is 1.96. The minimum atomic E-state index is -0.294. The van der Waals surface area contributed by atoms with Gasteiger partial charge in [-0.05, 0) is 24.6 Å². The van der Waals surface area contributed by atoms with E-state index in [4.69, 9.17) is 4.74 Å². The van der Waals surface area contributed by atoms with Crippen molar-refractivity contribution in [3.63, 3.8) is 0 Å². The van der Waals surface area contributed by atoms with Gasteiger partial charge in [-0.1, -0.05) is 35.2 Å². The number of hydrogen-bond donors (Lipinski definition) is 1. The zero-order chi connectivity index (χ0) is 17.8. The van der Waals surface area contributed by atoms with Crippen molar-refractivity contribution >= 4 is 34.0 Å². The topological polar surface area (TPSA) is 98.5 Å². The van der Waals surface area contributed by atoms with E-state index in [0.717, 1.165) is 11.3 Å². The summed E-state index contributed by atoms with van der Waals surface area (Å²) in [5.74, 6) is 0.863. The molecule has 0 saturated heterocycles. The number of nitrogens with one attached hydrogen (secondary N) is 1. The predicted octanol–water partition coefficient (Wildman–Crippen LogP) is 1.27. The Bertz CT molecular complexity index is 952. The number of hydrogen-bond acceptors (Lipinski definition) is 8. The third kappa shape index (κ3) is 4.15. The molecular formula is C15H15N5O3S2. The van der Waals surface area contributed by atoms with Crippen molar-refractivity contribution in [2.24, 2.45) is 0 Å². The molecule has 2 aromatic heterocycles. The van der Waals surface area contributed by atoms with Crippen LogP contribution in [0.5, 0.6) is 5.75 Å². The average molecular weight is 377 g/mol. The number of rotatable bonds is 6. The van der Waals surface area contributed by atoms with E-state index >= 15 is 0 Å². The number of aryl methyl sites for hydroxylation is 1. The monoisotopic (exact) mass is 377 g/mol. The van der Waals surface area contributed by atoms with Gasteiger partial charge in [0.15, 0.2) is 4.34 Å². The van der Waals surface area contributed by atoms with Crippen molar-refractivity contribution in [2.75, 3.05) is 12.9 Å². The van der Waals surface area contributed by atoms with Crippen LogP contribution in [0.15, 0.2) is 33.4 Å². The van der Waals surface area contributed by atoms with Crippen molar-refractivity contribution in [3.05, 3.63) is 45.9 Å². The highest BCUT2D eigenvalue weighted by Gasteiger charge is 2.11. The Hall–Kier alpha value is -2.46. The lowest BCUT2D eigenvalue weighted by atomic mass is 10.2. The highest BCUT2D eigenvalue weighted by Crippen LogP contribution is 2.22. The van der Waals surface area contributed by atoms with Gasteiger partial charge in [-0.15, -0.1) is 15.3 Å². The summed E-state index contributed by atoms with van der Waals surface area (Å²) in [5.41, 5.74) is 0.977. The summed E-state index contributed by atoms with van der Waals surface area (Å²) in [6.07, 6.45) is 0. The van der Waals surface area contributed by atoms with Crippen LogP contribution >= 0.6 is 23.1 Å². The summed E-state index contributed by atoms with van der Waals surface area (Å²) < 4.78 is 6.90. The number of thioether (sulfide) groups is 1. The molecule has 0 aliphatic carbocycles. The van der Waals surface area contributed by atoms with E-state index in [1.807, 2.05) is 24.3 Å². The third-order valence-electron chi connectivity index (χ3n) is 3.30. The molecule has 3 aromatic rings. The van der Waals surface area contributed by atoms with Crippen LogP contribution < -0.4 is 15.6 Å². The molecule has 1 aromatic carbocycles. The Morgan fingerprint density at radius 2 is 2.08 bits per heavy atom. The lowest BCUT2D eigenvalue weighted by Crippen LogP contribution is -2.24. The van der Waals surface area contributed by atoms with Crippen molar-refractivity contribution in [3.8, 4) is 5.75 Å². The smallest absolute Gasteiger partial charge is 0.296 e. The molecule has 1 N–H and O–H groups in total. The summed E-state index contributed by atoms with van der Waals surface area (Å²) in [5, 5.41) is 14.7. The number of fused-ring (bicyclic) bond motifs is 1. The second kappa shape index (κ2) is 7.62. The highest BCUT2D eigenvalue weighted by atomic mass is 32.2. The van der Waals surface area contributed by atoms with Gasteiger partial charge in [-0.3, -0.25) is 9.59 Å². The first-order chi connectivity index (χ1) is 12.1. The maximum absolute atomic E-state index is 12.0. The van der Waals surface area contributed by atoms with Gasteiger partial charge in [-0.25, -0.2) is 0 Å². The minimum Gasteiger partial charge on any atom is -0.497 e. The molecule has 0 spiro atoms. The lowest BCUT2D eigenvalue weighted by molar-refractivity contribution is -0.118. The van der Waals surface area contributed by atoms with Gasteiger partial charge >= 0.3 is 0 Å². The number of carbonyl (C=O) groups is 1. The Kier molecular flexibility index (Phi) is 5.29. The fourth-order valence-corrected chi connectivity index (χ4v) is 3.66. The van der Waals surface area contributed by atoms with Gasteiger partial charge in [0.05, 0.1) is 12.9 Å². The molecule has 0 unspecified atom stereocenters. The highest BCUT2D eigenvalue weighted by molar-refractivity contribution is 8.01. The molecule has 0 fully saturated rings. The van der Waals surface area contributed by atoms with Crippen LogP contribution in [0.25, 0.3) is 4.96 Å². The molecular weight excluding hydrogens is 362 g/mol. The van der Waals surface area contributed by atoms with Gasteiger partial charge in [0.2, 0.25) is 10.9 Å². The number of methoxy groups -OCH3 is 1. The predicted molar refractivity (Wildman–Crippen MR) is 95.2 cm³/mol. The zero-order valence-corrected chi connectivity index (χ0v) is 15.2. The van der Waals surface area contributed by atoms with Crippen LogP contribution in [-0.4, -0.2) is 38.6 Å². The second-order valence-electron chi connectivity index (χ2n) is 5.07. The van der Waals surface area contributed by atoms with Crippen LogP contribution in [0.2, 0.25) is 0 Å². The minimum absolute atomic E-state index is 0.116. The van der Waals surface area contributed by atoms with Gasteiger partial charge < -0.3 is 10.1 Å². The van der Waals surface area contributed by atoms with Crippen LogP contribution in [0, 0.1) is 6.92 Å². The number of ether oxygens (including phenoxy) is 1. The normalized spacial score (nSPS) is 10.8. The van der Waals surface area contributed by atoms with E-state index < -0.39 is 0 Å². The number of nitrogens with zero attached hydrogens (tertiary/aromatic N) is 4. The molecule has 25 heavy (non-hydrogen) atoms. The molecule has 10 heteroatoms. The third-order valence-corrected chi connectivity index (χ3v) is 5.34. The molecule has 130 valence electrons. The number of amides is 1. The van der Waals surface area contributed by atoms with Crippen molar-refractivity contribution in [1.29, 1.82) is 0 Å². The van der Waals surface area contributed by atoms with Crippen molar-refractivity contribution in [2.45, 2.75) is 17.8 Å². The second-order valence-corrected chi connectivity index (χ2v) is 7.24. The standard InChI is InChI=1S/C15H15N5O3S2/c1-9-13(22)20-14(18-17-9)25-15(19-20)24-8-12(21)16-7-10-3-5-11(23-2)6-4-10/h3-6H,7-8H2,1-2H3,(H,16,21). The summed E-state index contributed by atoms with van der Waals surface area (Å²) in [6, 6.07) is 7.48. The largest absolute Gasteiger partial charge is 0.497 e. The quantitative estimate of drug-likeness (QED) is 0.646. The molecule has 2 heterocycles. The molecule has 0 aliphatic heterocycles. The average Bonchev–Trinajstić information content (AvgIpc) is 3.06. The molecule has 1 amide bonds. The first-order valence-corrected chi connectivity index (χ1v) is 9.12. The Balaban J connectivity index is 1.55. The van der Waals surface area contributed by atoms with Crippen molar-refractivity contribution in [1.82, 2.24) is 25.1 Å². The fraction of sp³-hybridized carbons (Fsp3) is 0.267. The molecule has 0 saturated carbocycles. The van der Waals surface area contributed by atoms with Gasteiger partial charge in [0, 0.05) is 6.54 Å². The molecule has 0 atom stereocenters. The van der Waals surface area contributed by atoms with E-state index in [1.165, 1.54) is 27.6 Å². The first-order valence-electron chi connectivity index (χ1n) is 7.32. The molecule has 0 radical (unpaired) electrons. The number of aromatic nitrogens is 4. The van der Waals surface area contributed by atoms with Gasteiger partial charge in [0.1, 0.15) is 11.4 Å². The van der Waals surface area contributed by atoms with E-state index in [1.54, 1.807) is 14.0 Å². The van der Waals surface area contributed by atoms with E-state index in [9.17, 15) is 9.59 Å². The zero-order valence-electron chi connectivity index (χ0n) is 13.6. The van der Waals surface area contributed by atoms with Crippen LogP contribution in [-0.2, 0) is 11.3 Å².